The fraction of sp³-hybridized carbons (Fsp3) is 0.318. The first-order valence-electron chi connectivity index (χ1n) is 9.92. The van der Waals surface area contributed by atoms with Crippen molar-refractivity contribution < 1.29 is 22.3 Å². The number of hydrogen-bond acceptors (Lipinski definition) is 4. The van der Waals surface area contributed by atoms with Crippen LogP contribution < -0.4 is 14.8 Å². The number of benzene rings is 2. The van der Waals surface area contributed by atoms with Crippen molar-refractivity contribution in [3.05, 3.63) is 64.5 Å². The molecule has 9 heteroatoms. The zero-order valence-corrected chi connectivity index (χ0v) is 18.7. The average Bonchev–Trinajstić information content (AvgIpc) is 2.74. The second-order valence-electron chi connectivity index (χ2n) is 7.20. The molecule has 2 aromatic carbocycles. The van der Waals surface area contributed by atoms with Gasteiger partial charge >= 0.3 is 0 Å². The van der Waals surface area contributed by atoms with Crippen LogP contribution in [0.2, 0.25) is 5.02 Å². The number of amides is 1. The molecule has 0 bridgehead atoms. The molecule has 3 rings (SSSR count). The number of hydrogen-bond donors (Lipinski definition) is 2. The van der Waals surface area contributed by atoms with E-state index >= 15 is 0 Å². The number of anilines is 1. The van der Waals surface area contributed by atoms with Crippen molar-refractivity contribution in [1.82, 2.24) is 4.72 Å². The van der Waals surface area contributed by atoms with Crippen LogP contribution in [-0.4, -0.2) is 28.0 Å². The molecular weight excluding hydrogens is 443 g/mol. The lowest BCUT2D eigenvalue weighted by molar-refractivity contribution is 0.102. The highest BCUT2D eigenvalue weighted by molar-refractivity contribution is 7.89. The van der Waals surface area contributed by atoms with Gasteiger partial charge in [-0.1, -0.05) is 23.3 Å². The summed E-state index contributed by atoms with van der Waals surface area (Å²) < 4.78 is 47.3. The van der Waals surface area contributed by atoms with E-state index < -0.39 is 27.3 Å². The molecule has 1 aliphatic carbocycles. The molecule has 166 valence electrons. The first-order chi connectivity index (χ1) is 14.8. The van der Waals surface area contributed by atoms with E-state index in [9.17, 15) is 17.6 Å². The molecule has 0 unspecified atom stereocenters. The van der Waals surface area contributed by atoms with Crippen LogP contribution in [-0.2, 0) is 10.0 Å². The van der Waals surface area contributed by atoms with E-state index in [1.165, 1.54) is 18.7 Å². The van der Waals surface area contributed by atoms with E-state index in [0.29, 0.717) is 17.2 Å². The van der Waals surface area contributed by atoms with Crippen molar-refractivity contribution in [2.24, 2.45) is 0 Å². The fourth-order valence-electron chi connectivity index (χ4n) is 3.37. The van der Waals surface area contributed by atoms with Crippen LogP contribution in [0.3, 0.4) is 0 Å². The lowest BCUT2D eigenvalue weighted by Crippen LogP contribution is -2.26. The van der Waals surface area contributed by atoms with Gasteiger partial charge in [0.05, 0.1) is 23.3 Å². The van der Waals surface area contributed by atoms with E-state index in [1.807, 2.05) is 0 Å². The summed E-state index contributed by atoms with van der Waals surface area (Å²) in [5, 5.41) is 2.87. The van der Waals surface area contributed by atoms with Gasteiger partial charge in [0, 0.05) is 11.6 Å². The molecule has 0 saturated heterocycles. The molecule has 0 aromatic heterocycles. The van der Waals surface area contributed by atoms with Crippen molar-refractivity contribution >= 4 is 33.2 Å². The lowest BCUT2D eigenvalue weighted by atomic mass is 9.97. The molecule has 0 radical (unpaired) electrons. The van der Waals surface area contributed by atoms with Gasteiger partial charge in [-0.05, 0) is 68.5 Å². The van der Waals surface area contributed by atoms with Gasteiger partial charge in [0.1, 0.15) is 11.6 Å². The smallest absolute Gasteiger partial charge is 0.258 e. The molecule has 0 fully saturated rings. The highest BCUT2D eigenvalue weighted by Crippen LogP contribution is 2.28. The number of methoxy groups -OCH3 is 1. The minimum atomic E-state index is -3.90. The Morgan fingerprint density at radius 1 is 1.19 bits per heavy atom. The van der Waals surface area contributed by atoms with E-state index in [0.717, 1.165) is 43.9 Å². The maximum Gasteiger partial charge on any atom is 0.258 e. The monoisotopic (exact) mass is 466 g/mol. The Bertz CT molecular complexity index is 1100. The number of halogens is 2. The molecule has 0 heterocycles. The molecule has 1 aliphatic rings. The number of sulfonamides is 1. The summed E-state index contributed by atoms with van der Waals surface area (Å²) in [6.07, 6.45) is 7.07. The SMILES string of the molecule is COc1ccc(Cl)cc1NC(=O)c1cc(S(=O)(=O)NCCC2=CCCCC2)ccc1F. The highest BCUT2D eigenvalue weighted by Gasteiger charge is 2.20. The summed E-state index contributed by atoms with van der Waals surface area (Å²) in [5.74, 6) is -1.33. The summed E-state index contributed by atoms with van der Waals surface area (Å²) in [4.78, 5) is 12.5. The molecule has 6 nitrogen and oxygen atoms in total. The van der Waals surface area contributed by atoms with Crippen molar-refractivity contribution in [3.8, 4) is 5.75 Å². The third kappa shape index (κ3) is 6.06. The summed E-state index contributed by atoms with van der Waals surface area (Å²) in [6.45, 7) is 0.243. The number of carbonyl (C=O) groups is 1. The number of allylic oxidation sites excluding steroid dienone is 1. The molecule has 0 saturated carbocycles. The van der Waals surface area contributed by atoms with Gasteiger partial charge in [0.15, 0.2) is 0 Å². The van der Waals surface area contributed by atoms with Gasteiger partial charge in [-0.25, -0.2) is 17.5 Å². The van der Waals surface area contributed by atoms with Crippen LogP contribution in [0.1, 0.15) is 42.5 Å². The molecule has 0 spiro atoms. The van der Waals surface area contributed by atoms with Crippen LogP contribution in [0.5, 0.6) is 5.75 Å². The average molecular weight is 467 g/mol. The molecule has 31 heavy (non-hydrogen) atoms. The maximum atomic E-state index is 14.3. The van der Waals surface area contributed by atoms with Gasteiger partial charge in [-0.3, -0.25) is 4.79 Å². The second-order valence-corrected chi connectivity index (χ2v) is 9.40. The zero-order valence-electron chi connectivity index (χ0n) is 17.1. The predicted octanol–water partition coefficient (Wildman–Crippen LogP) is 4.91. The van der Waals surface area contributed by atoms with Crippen LogP contribution in [0.15, 0.2) is 52.9 Å². The van der Waals surface area contributed by atoms with Gasteiger partial charge in [0.25, 0.3) is 5.91 Å². The number of rotatable bonds is 8. The Morgan fingerprint density at radius 3 is 2.71 bits per heavy atom. The number of nitrogens with one attached hydrogen (secondary N) is 2. The number of carbonyl (C=O) groups excluding carboxylic acids is 1. The van der Waals surface area contributed by atoms with E-state index in [4.69, 9.17) is 16.3 Å². The van der Waals surface area contributed by atoms with Crippen LogP contribution in [0.25, 0.3) is 0 Å². The lowest BCUT2D eigenvalue weighted by Gasteiger charge is -2.14. The Balaban J connectivity index is 1.75. The van der Waals surface area contributed by atoms with Crippen molar-refractivity contribution in [2.45, 2.75) is 37.0 Å². The minimum absolute atomic E-state index is 0.185. The summed E-state index contributed by atoms with van der Waals surface area (Å²) in [7, 11) is -2.48. The summed E-state index contributed by atoms with van der Waals surface area (Å²) in [6, 6.07) is 7.71. The highest BCUT2D eigenvalue weighted by atomic mass is 35.5. The van der Waals surface area contributed by atoms with Gasteiger partial charge < -0.3 is 10.1 Å². The van der Waals surface area contributed by atoms with Crippen molar-refractivity contribution in [2.75, 3.05) is 19.0 Å². The van der Waals surface area contributed by atoms with Crippen LogP contribution in [0.4, 0.5) is 10.1 Å². The molecule has 2 aromatic rings. The first-order valence-corrected chi connectivity index (χ1v) is 11.8. The van der Waals surface area contributed by atoms with E-state index in [2.05, 4.69) is 16.1 Å². The topological polar surface area (TPSA) is 84.5 Å². The quantitative estimate of drug-likeness (QED) is 0.541. The third-order valence-electron chi connectivity index (χ3n) is 5.03. The fourth-order valence-corrected chi connectivity index (χ4v) is 4.60. The standard InChI is InChI=1S/C22H24ClFN2O4S/c1-30-21-10-7-16(23)13-20(21)26-22(27)18-14-17(8-9-19(18)24)31(28,29)25-12-11-15-5-3-2-4-6-15/h5,7-10,13-14,25H,2-4,6,11-12H2,1H3,(H,26,27). The summed E-state index contributed by atoms with van der Waals surface area (Å²) >= 11 is 5.95. The first kappa shape index (κ1) is 23.2. The molecule has 2 N–H and O–H groups in total. The van der Waals surface area contributed by atoms with E-state index in [1.54, 1.807) is 12.1 Å². The molecular formula is C22H24ClFN2O4S. The van der Waals surface area contributed by atoms with Crippen LogP contribution in [0, 0.1) is 5.82 Å². The van der Waals surface area contributed by atoms with Crippen molar-refractivity contribution in [1.29, 1.82) is 0 Å². The van der Waals surface area contributed by atoms with Gasteiger partial charge in [-0.15, -0.1) is 0 Å². The Labute approximate surface area is 186 Å². The maximum absolute atomic E-state index is 14.3. The third-order valence-corrected chi connectivity index (χ3v) is 6.72. The minimum Gasteiger partial charge on any atom is -0.495 e. The molecule has 1 amide bonds. The van der Waals surface area contributed by atoms with Gasteiger partial charge in [-0.2, -0.15) is 0 Å². The molecule has 0 atom stereocenters. The summed E-state index contributed by atoms with van der Waals surface area (Å²) in [5.41, 5.74) is 1.08. The largest absolute Gasteiger partial charge is 0.495 e. The zero-order chi connectivity index (χ0) is 22.4. The Kier molecular flexibility index (Phi) is 7.69. The molecule has 0 aliphatic heterocycles. The Morgan fingerprint density at radius 2 is 2.00 bits per heavy atom. The predicted molar refractivity (Wildman–Crippen MR) is 119 cm³/mol. The van der Waals surface area contributed by atoms with E-state index in [-0.39, 0.29) is 17.1 Å². The van der Waals surface area contributed by atoms with Crippen molar-refractivity contribution in [3.63, 3.8) is 0 Å². The second kappa shape index (κ2) is 10.3. The van der Waals surface area contributed by atoms with Crippen LogP contribution >= 0.6 is 11.6 Å². The van der Waals surface area contributed by atoms with Gasteiger partial charge in [0.2, 0.25) is 10.0 Å². The normalized spacial score (nSPS) is 14.1. The Hall–Kier alpha value is -2.42. The number of ether oxygens (including phenoxy) is 1.